The average Bonchev–Trinajstić information content (AvgIpc) is 3.20. The van der Waals surface area contributed by atoms with Crippen molar-refractivity contribution >= 4 is 23.4 Å². The van der Waals surface area contributed by atoms with E-state index in [4.69, 9.17) is 5.73 Å². The number of nitrogen functional groups attached to an aromatic ring is 1. The van der Waals surface area contributed by atoms with Gasteiger partial charge in [-0.25, -0.2) is 9.78 Å². The standard InChI is InChI=1S/C12H16N4O3/c1-19-12(18)9-5-4-8(13)11(16-9)14-6-10(17)15-7-2-3-7/h4-5,7H,2-3,6,13H2,1H3,(H,14,16)(H,15,17). The highest BCUT2D eigenvalue weighted by molar-refractivity contribution is 5.89. The van der Waals surface area contributed by atoms with Crippen molar-refractivity contribution in [2.24, 2.45) is 0 Å². The van der Waals surface area contributed by atoms with E-state index in [1.165, 1.54) is 13.2 Å². The number of methoxy groups -OCH3 is 1. The molecule has 0 atom stereocenters. The Bertz CT molecular complexity index is 500. The maximum atomic E-state index is 11.5. The van der Waals surface area contributed by atoms with Gasteiger partial charge in [-0.05, 0) is 25.0 Å². The number of rotatable bonds is 5. The van der Waals surface area contributed by atoms with Crippen LogP contribution in [0.5, 0.6) is 0 Å². The molecule has 102 valence electrons. The van der Waals surface area contributed by atoms with Crippen LogP contribution in [0.2, 0.25) is 0 Å². The van der Waals surface area contributed by atoms with Crippen molar-refractivity contribution in [1.29, 1.82) is 0 Å². The van der Waals surface area contributed by atoms with Crippen molar-refractivity contribution in [3.8, 4) is 0 Å². The molecule has 19 heavy (non-hydrogen) atoms. The van der Waals surface area contributed by atoms with Crippen LogP contribution in [0, 0.1) is 0 Å². The number of amides is 1. The summed E-state index contributed by atoms with van der Waals surface area (Å²) in [4.78, 5) is 26.9. The summed E-state index contributed by atoms with van der Waals surface area (Å²) >= 11 is 0. The lowest BCUT2D eigenvalue weighted by atomic mass is 10.3. The van der Waals surface area contributed by atoms with Crippen LogP contribution in [0.25, 0.3) is 0 Å². The number of hydrogen-bond donors (Lipinski definition) is 3. The quantitative estimate of drug-likeness (QED) is 0.653. The van der Waals surface area contributed by atoms with E-state index in [0.717, 1.165) is 12.8 Å². The van der Waals surface area contributed by atoms with Crippen molar-refractivity contribution in [2.75, 3.05) is 24.7 Å². The van der Waals surface area contributed by atoms with Crippen LogP contribution >= 0.6 is 0 Å². The van der Waals surface area contributed by atoms with Crippen LogP contribution in [-0.2, 0) is 9.53 Å². The molecule has 1 fully saturated rings. The smallest absolute Gasteiger partial charge is 0.356 e. The molecule has 4 N–H and O–H groups in total. The SMILES string of the molecule is COC(=O)c1ccc(N)c(NCC(=O)NC2CC2)n1. The fourth-order valence-corrected chi connectivity index (χ4v) is 1.50. The molecule has 1 aliphatic rings. The van der Waals surface area contributed by atoms with Gasteiger partial charge in [-0.2, -0.15) is 0 Å². The number of aromatic nitrogens is 1. The second-order valence-electron chi connectivity index (χ2n) is 4.32. The summed E-state index contributed by atoms with van der Waals surface area (Å²) in [5.41, 5.74) is 6.23. The summed E-state index contributed by atoms with van der Waals surface area (Å²) < 4.78 is 4.57. The Labute approximate surface area is 110 Å². The number of pyridine rings is 1. The van der Waals surface area contributed by atoms with Gasteiger partial charge in [0, 0.05) is 6.04 Å². The third-order valence-electron chi connectivity index (χ3n) is 2.68. The Hall–Kier alpha value is -2.31. The predicted octanol–water partition coefficient (Wildman–Crippen LogP) is 0.141. The molecule has 0 saturated heterocycles. The molecule has 1 aromatic heterocycles. The predicted molar refractivity (Wildman–Crippen MR) is 69.6 cm³/mol. The van der Waals surface area contributed by atoms with Gasteiger partial charge in [0.05, 0.1) is 19.3 Å². The maximum absolute atomic E-state index is 11.5. The highest BCUT2D eigenvalue weighted by Crippen LogP contribution is 2.19. The van der Waals surface area contributed by atoms with Gasteiger partial charge in [-0.15, -0.1) is 0 Å². The Balaban J connectivity index is 1.97. The summed E-state index contributed by atoms with van der Waals surface area (Å²) in [7, 11) is 1.27. The summed E-state index contributed by atoms with van der Waals surface area (Å²) in [6.45, 7) is 0.0678. The van der Waals surface area contributed by atoms with E-state index in [0.29, 0.717) is 17.5 Å². The molecular formula is C12H16N4O3. The first-order valence-corrected chi connectivity index (χ1v) is 5.98. The zero-order valence-corrected chi connectivity index (χ0v) is 10.6. The molecule has 1 aromatic rings. The molecule has 0 radical (unpaired) electrons. The first-order valence-electron chi connectivity index (χ1n) is 5.98. The van der Waals surface area contributed by atoms with E-state index >= 15 is 0 Å². The van der Waals surface area contributed by atoms with E-state index in [-0.39, 0.29) is 18.1 Å². The van der Waals surface area contributed by atoms with Crippen molar-refractivity contribution in [3.63, 3.8) is 0 Å². The number of nitrogens with two attached hydrogens (primary N) is 1. The number of ether oxygens (including phenoxy) is 1. The maximum Gasteiger partial charge on any atom is 0.356 e. The largest absolute Gasteiger partial charge is 0.464 e. The minimum atomic E-state index is -0.550. The van der Waals surface area contributed by atoms with Gasteiger partial charge in [-0.1, -0.05) is 0 Å². The van der Waals surface area contributed by atoms with Gasteiger partial charge in [0.1, 0.15) is 0 Å². The molecule has 1 saturated carbocycles. The van der Waals surface area contributed by atoms with Gasteiger partial charge in [-0.3, -0.25) is 4.79 Å². The van der Waals surface area contributed by atoms with Gasteiger partial charge in [0.25, 0.3) is 0 Å². The Kier molecular flexibility index (Phi) is 3.84. The van der Waals surface area contributed by atoms with Crippen molar-refractivity contribution in [3.05, 3.63) is 17.8 Å². The monoisotopic (exact) mass is 264 g/mol. The fourth-order valence-electron chi connectivity index (χ4n) is 1.50. The molecule has 1 amide bonds. The topological polar surface area (TPSA) is 106 Å². The number of esters is 1. The van der Waals surface area contributed by atoms with Crippen LogP contribution in [-0.4, -0.2) is 36.6 Å². The summed E-state index contributed by atoms with van der Waals surface area (Å²) in [5.74, 6) is -0.369. The molecule has 0 bridgehead atoms. The first-order chi connectivity index (χ1) is 9.10. The van der Waals surface area contributed by atoms with Crippen LogP contribution in [0.15, 0.2) is 12.1 Å². The Morgan fingerprint density at radius 3 is 2.84 bits per heavy atom. The Morgan fingerprint density at radius 1 is 1.47 bits per heavy atom. The van der Waals surface area contributed by atoms with Crippen molar-refractivity contribution in [2.45, 2.75) is 18.9 Å². The Morgan fingerprint density at radius 2 is 2.21 bits per heavy atom. The van der Waals surface area contributed by atoms with Crippen LogP contribution in [0.4, 0.5) is 11.5 Å². The van der Waals surface area contributed by atoms with Crippen LogP contribution in [0.3, 0.4) is 0 Å². The highest BCUT2D eigenvalue weighted by atomic mass is 16.5. The zero-order chi connectivity index (χ0) is 13.8. The number of carbonyl (C=O) groups is 2. The molecule has 0 aliphatic heterocycles. The lowest BCUT2D eigenvalue weighted by Crippen LogP contribution is -2.31. The van der Waals surface area contributed by atoms with E-state index in [9.17, 15) is 9.59 Å². The fraction of sp³-hybridized carbons (Fsp3) is 0.417. The second-order valence-corrected chi connectivity index (χ2v) is 4.32. The minimum Gasteiger partial charge on any atom is -0.464 e. The molecule has 1 aliphatic carbocycles. The third kappa shape index (κ3) is 3.57. The number of anilines is 2. The number of carbonyl (C=O) groups excluding carboxylic acids is 2. The summed E-state index contributed by atoms with van der Waals surface area (Å²) in [6.07, 6.45) is 2.06. The van der Waals surface area contributed by atoms with Gasteiger partial charge in [0.15, 0.2) is 11.5 Å². The van der Waals surface area contributed by atoms with Crippen LogP contribution in [0.1, 0.15) is 23.3 Å². The summed E-state index contributed by atoms with van der Waals surface area (Å²) in [6, 6.07) is 3.32. The van der Waals surface area contributed by atoms with Gasteiger partial charge in [0.2, 0.25) is 5.91 Å². The second kappa shape index (κ2) is 5.55. The molecular weight excluding hydrogens is 248 g/mol. The van der Waals surface area contributed by atoms with E-state index in [2.05, 4.69) is 20.4 Å². The minimum absolute atomic E-state index is 0.0678. The third-order valence-corrected chi connectivity index (χ3v) is 2.68. The molecule has 7 nitrogen and oxygen atoms in total. The number of nitrogens with one attached hydrogen (secondary N) is 2. The number of nitrogens with zero attached hydrogens (tertiary/aromatic N) is 1. The zero-order valence-electron chi connectivity index (χ0n) is 10.6. The molecule has 7 heteroatoms. The number of hydrogen-bond acceptors (Lipinski definition) is 6. The van der Waals surface area contributed by atoms with Gasteiger partial charge < -0.3 is 21.1 Å². The molecule has 0 aromatic carbocycles. The van der Waals surface area contributed by atoms with E-state index in [1.807, 2.05) is 0 Å². The molecule has 1 heterocycles. The van der Waals surface area contributed by atoms with Crippen molar-refractivity contribution < 1.29 is 14.3 Å². The molecule has 0 spiro atoms. The lowest BCUT2D eigenvalue weighted by Gasteiger charge is -2.09. The molecule has 2 rings (SSSR count). The highest BCUT2D eigenvalue weighted by Gasteiger charge is 2.23. The first kappa shape index (κ1) is 13.1. The summed E-state index contributed by atoms with van der Waals surface area (Å²) in [5, 5.41) is 5.64. The van der Waals surface area contributed by atoms with Crippen molar-refractivity contribution in [1.82, 2.24) is 10.3 Å². The van der Waals surface area contributed by atoms with Crippen LogP contribution < -0.4 is 16.4 Å². The molecule has 0 unspecified atom stereocenters. The van der Waals surface area contributed by atoms with Gasteiger partial charge >= 0.3 is 5.97 Å². The normalized spacial score (nSPS) is 13.7. The van der Waals surface area contributed by atoms with E-state index < -0.39 is 5.97 Å². The lowest BCUT2D eigenvalue weighted by molar-refractivity contribution is -0.119. The average molecular weight is 264 g/mol. The van der Waals surface area contributed by atoms with E-state index in [1.54, 1.807) is 6.07 Å².